The van der Waals surface area contributed by atoms with Crippen LogP contribution in [-0.4, -0.2) is 12.6 Å². The second-order valence-corrected chi connectivity index (χ2v) is 7.73. The first-order valence-electron chi connectivity index (χ1n) is 9.10. The van der Waals surface area contributed by atoms with Crippen LogP contribution in [0.1, 0.15) is 46.5 Å². The summed E-state index contributed by atoms with van der Waals surface area (Å²) in [5.41, 5.74) is -0.0409. The molecule has 2 rings (SSSR count). The zero-order valence-corrected chi connectivity index (χ0v) is 15.8. The van der Waals surface area contributed by atoms with Crippen LogP contribution in [0.3, 0.4) is 0 Å². The Balaban J connectivity index is 1.75. The van der Waals surface area contributed by atoms with Gasteiger partial charge in [-0.3, -0.25) is 4.79 Å². The van der Waals surface area contributed by atoms with Gasteiger partial charge in [0.2, 0.25) is 0 Å². The number of esters is 1. The van der Waals surface area contributed by atoms with Crippen LogP contribution in [0, 0.1) is 22.9 Å². The summed E-state index contributed by atoms with van der Waals surface area (Å²) < 4.78 is 10.3. The van der Waals surface area contributed by atoms with Gasteiger partial charge in [0.05, 0.1) is 0 Å². The molecule has 0 aromatic heterocycles. The van der Waals surface area contributed by atoms with Crippen LogP contribution in [0.25, 0.3) is 10.8 Å². The molecule has 26 heavy (non-hydrogen) atoms. The molecule has 4 nitrogen and oxygen atoms in total. The lowest BCUT2D eigenvalue weighted by atomic mass is 9.82. The second-order valence-electron chi connectivity index (χ2n) is 7.73. The van der Waals surface area contributed by atoms with Crippen molar-refractivity contribution in [1.82, 2.24) is 0 Å². The van der Waals surface area contributed by atoms with Crippen molar-refractivity contribution >= 4 is 16.7 Å². The van der Waals surface area contributed by atoms with E-state index in [-0.39, 0.29) is 11.4 Å². The van der Waals surface area contributed by atoms with Gasteiger partial charge in [0.25, 0.3) is 6.26 Å². The van der Waals surface area contributed by atoms with Gasteiger partial charge in [0.1, 0.15) is 12.4 Å². The average Bonchev–Trinajstić information content (AvgIpc) is 2.59. The minimum Gasteiger partial charge on any atom is -0.427 e. The quantitative estimate of drug-likeness (QED) is 0.341. The van der Waals surface area contributed by atoms with E-state index in [4.69, 9.17) is 14.7 Å². The molecule has 0 spiro atoms. The van der Waals surface area contributed by atoms with Crippen molar-refractivity contribution < 1.29 is 14.3 Å². The van der Waals surface area contributed by atoms with Crippen LogP contribution in [0.4, 0.5) is 0 Å². The van der Waals surface area contributed by atoms with E-state index in [1.807, 2.05) is 42.5 Å². The van der Waals surface area contributed by atoms with Crippen LogP contribution in [0.2, 0.25) is 0 Å². The predicted octanol–water partition coefficient (Wildman–Crippen LogP) is 5.47. The molecule has 0 radical (unpaired) electrons. The highest BCUT2D eigenvalue weighted by molar-refractivity contribution is 5.84. The van der Waals surface area contributed by atoms with Gasteiger partial charge in [-0.15, -0.1) is 0 Å². The second kappa shape index (κ2) is 9.24. The summed E-state index contributed by atoms with van der Waals surface area (Å²) in [6.45, 7) is 6.78. The Morgan fingerprint density at radius 2 is 1.92 bits per heavy atom. The van der Waals surface area contributed by atoms with Crippen LogP contribution < -0.4 is 4.74 Å². The van der Waals surface area contributed by atoms with Crippen molar-refractivity contribution in [2.24, 2.45) is 11.3 Å². The number of benzene rings is 2. The topological polar surface area (TPSA) is 59.3 Å². The molecule has 0 N–H and O–H groups in total. The predicted molar refractivity (Wildman–Crippen MR) is 103 cm³/mol. The van der Waals surface area contributed by atoms with Gasteiger partial charge in [-0.1, -0.05) is 57.5 Å². The molecule has 0 fully saturated rings. The summed E-state index contributed by atoms with van der Waals surface area (Å²) in [5, 5.41) is 10.7. The Kier molecular flexibility index (Phi) is 7.03. The number of rotatable bonds is 9. The summed E-state index contributed by atoms with van der Waals surface area (Å²) in [4.78, 5) is 12.1. The molecule has 4 heteroatoms. The maximum Gasteiger partial charge on any atom is 0.311 e. The monoisotopic (exact) mass is 353 g/mol. The molecular weight excluding hydrogens is 326 g/mol. The van der Waals surface area contributed by atoms with Crippen molar-refractivity contribution in [2.45, 2.75) is 46.5 Å². The number of nitriles is 1. The van der Waals surface area contributed by atoms with Gasteiger partial charge in [-0.2, -0.15) is 5.26 Å². The number of hydrogen-bond acceptors (Lipinski definition) is 4. The lowest BCUT2D eigenvalue weighted by molar-refractivity contribution is -0.134. The largest absolute Gasteiger partial charge is 0.427 e. The van der Waals surface area contributed by atoms with Gasteiger partial charge >= 0.3 is 5.97 Å². The minimum atomic E-state index is -0.195. The van der Waals surface area contributed by atoms with Gasteiger partial charge in [0.15, 0.2) is 0 Å². The van der Waals surface area contributed by atoms with E-state index in [2.05, 4.69) is 20.8 Å². The number of fused-ring (bicyclic) bond motifs is 1. The molecule has 0 saturated carbocycles. The fourth-order valence-electron chi connectivity index (χ4n) is 3.34. The summed E-state index contributed by atoms with van der Waals surface area (Å²) in [6, 6.07) is 13.7. The highest BCUT2D eigenvalue weighted by Crippen LogP contribution is 2.28. The first-order chi connectivity index (χ1) is 12.4. The third kappa shape index (κ3) is 6.40. The zero-order valence-electron chi connectivity index (χ0n) is 15.8. The Bertz CT molecular complexity index is 776. The van der Waals surface area contributed by atoms with Crippen LogP contribution >= 0.6 is 0 Å². The van der Waals surface area contributed by atoms with Gasteiger partial charge in [-0.25, -0.2) is 0 Å². The Morgan fingerprint density at radius 1 is 1.19 bits per heavy atom. The Hall–Kier alpha value is -2.54. The Morgan fingerprint density at radius 3 is 2.65 bits per heavy atom. The van der Waals surface area contributed by atoms with E-state index in [0.717, 1.165) is 30.0 Å². The van der Waals surface area contributed by atoms with Crippen molar-refractivity contribution in [3.05, 3.63) is 42.5 Å². The highest BCUT2D eigenvalue weighted by Gasteiger charge is 2.22. The number of carbonyl (C=O) groups excluding carboxylic acids is 1. The summed E-state index contributed by atoms with van der Waals surface area (Å²) >= 11 is 0. The molecule has 138 valence electrons. The molecular formula is C22H27NO3. The smallest absolute Gasteiger partial charge is 0.311 e. The van der Waals surface area contributed by atoms with Crippen molar-refractivity contribution in [1.29, 1.82) is 5.26 Å². The van der Waals surface area contributed by atoms with Gasteiger partial charge in [0, 0.05) is 11.8 Å². The molecule has 0 bridgehead atoms. The number of ether oxygens (including phenoxy) is 2. The van der Waals surface area contributed by atoms with Crippen LogP contribution in [0.5, 0.6) is 5.75 Å². The molecule has 2 aromatic carbocycles. The molecule has 0 heterocycles. The highest BCUT2D eigenvalue weighted by atomic mass is 16.5. The molecule has 2 aromatic rings. The lowest BCUT2D eigenvalue weighted by Crippen LogP contribution is -2.21. The number of nitrogens with zero attached hydrogens (tertiary/aromatic N) is 1. The lowest BCUT2D eigenvalue weighted by Gasteiger charge is -2.26. The van der Waals surface area contributed by atoms with Crippen molar-refractivity contribution in [3.63, 3.8) is 0 Å². The molecule has 0 aliphatic carbocycles. The summed E-state index contributed by atoms with van der Waals surface area (Å²) in [6.07, 6.45) is 4.83. The molecule has 0 aliphatic rings. The maximum atomic E-state index is 12.1. The third-order valence-electron chi connectivity index (χ3n) is 4.46. The standard InChI is InChI=1S/C22H27NO3/c1-17(14-22(2,3)15-25-16-23)7-6-10-21(24)26-20-12-11-18-8-4-5-9-19(18)13-20/h4-5,8-9,11-13,17H,6-7,10,14-15H2,1-3H3. The van der Waals surface area contributed by atoms with Crippen molar-refractivity contribution in [2.75, 3.05) is 6.61 Å². The first kappa shape index (κ1) is 19.8. The third-order valence-corrected chi connectivity index (χ3v) is 4.46. The van der Waals surface area contributed by atoms with E-state index in [1.165, 1.54) is 0 Å². The summed E-state index contributed by atoms with van der Waals surface area (Å²) in [7, 11) is 0. The van der Waals surface area contributed by atoms with Crippen LogP contribution in [-0.2, 0) is 9.53 Å². The first-order valence-corrected chi connectivity index (χ1v) is 9.10. The molecule has 0 saturated heterocycles. The molecule has 0 amide bonds. The average molecular weight is 353 g/mol. The van der Waals surface area contributed by atoms with Crippen LogP contribution in [0.15, 0.2) is 42.5 Å². The normalized spacial score (nSPS) is 12.4. The fourth-order valence-corrected chi connectivity index (χ4v) is 3.34. The fraction of sp³-hybridized carbons (Fsp3) is 0.455. The zero-order chi connectivity index (χ0) is 19.0. The Labute approximate surface area is 155 Å². The maximum absolute atomic E-state index is 12.1. The van der Waals surface area contributed by atoms with E-state index in [9.17, 15) is 4.79 Å². The molecule has 0 aliphatic heterocycles. The van der Waals surface area contributed by atoms with E-state index >= 15 is 0 Å². The van der Waals surface area contributed by atoms with Gasteiger partial charge < -0.3 is 9.47 Å². The van der Waals surface area contributed by atoms with E-state index in [1.54, 1.807) is 6.26 Å². The SMILES string of the molecule is CC(CCCC(=O)Oc1ccc2ccccc2c1)CC(C)(C)COC#N. The summed E-state index contributed by atoms with van der Waals surface area (Å²) in [5.74, 6) is 0.858. The van der Waals surface area contributed by atoms with Crippen molar-refractivity contribution in [3.8, 4) is 12.0 Å². The van der Waals surface area contributed by atoms with E-state index in [0.29, 0.717) is 24.7 Å². The number of carbonyl (C=O) groups is 1. The van der Waals surface area contributed by atoms with E-state index < -0.39 is 0 Å². The minimum absolute atomic E-state index is 0.0409. The van der Waals surface area contributed by atoms with Gasteiger partial charge in [-0.05, 0) is 41.7 Å². The number of hydrogen-bond donors (Lipinski definition) is 0. The molecule has 1 unspecified atom stereocenters. The molecule has 1 atom stereocenters.